The maximum atomic E-state index is 4.36. The van der Waals surface area contributed by atoms with Crippen molar-refractivity contribution in [3.63, 3.8) is 0 Å². The Kier molecular flexibility index (Phi) is 2.82. The number of hydrogen-bond donors (Lipinski definition) is 0. The molecule has 83 valence electrons. The molecule has 0 spiro atoms. The maximum absolute atomic E-state index is 4.36. The molecule has 2 aromatic rings. The van der Waals surface area contributed by atoms with Crippen molar-refractivity contribution in [2.24, 2.45) is 0 Å². The average Bonchev–Trinajstić information content (AvgIpc) is 2.68. The van der Waals surface area contributed by atoms with Gasteiger partial charge in [0, 0.05) is 25.4 Å². The first-order valence-electron chi connectivity index (χ1n) is 5.51. The van der Waals surface area contributed by atoms with Gasteiger partial charge < -0.3 is 4.57 Å². The van der Waals surface area contributed by atoms with E-state index in [1.807, 2.05) is 10.8 Å². The second-order valence-electron chi connectivity index (χ2n) is 4.27. The van der Waals surface area contributed by atoms with Gasteiger partial charge in [-0.2, -0.15) is 0 Å². The number of imidazole rings is 1. The first kappa shape index (κ1) is 10.9. The van der Waals surface area contributed by atoms with Gasteiger partial charge >= 0.3 is 0 Å². The van der Waals surface area contributed by atoms with Gasteiger partial charge in [-0.3, -0.25) is 0 Å². The molecular weight excluding hydrogens is 196 g/mol. The van der Waals surface area contributed by atoms with Crippen molar-refractivity contribution < 1.29 is 0 Å². The summed E-state index contributed by atoms with van der Waals surface area (Å²) < 4.78 is 1.84. The van der Waals surface area contributed by atoms with Crippen molar-refractivity contribution in [3.05, 3.63) is 60.2 Å². The smallest absolute Gasteiger partial charge is 0.115 e. The van der Waals surface area contributed by atoms with E-state index in [4.69, 9.17) is 0 Å². The fourth-order valence-corrected chi connectivity index (χ4v) is 2.08. The van der Waals surface area contributed by atoms with E-state index < -0.39 is 0 Å². The van der Waals surface area contributed by atoms with Crippen LogP contribution >= 0.6 is 0 Å². The molecule has 1 heterocycles. The minimum Gasteiger partial charge on any atom is -0.333 e. The van der Waals surface area contributed by atoms with Crippen molar-refractivity contribution in [2.45, 2.75) is 26.7 Å². The zero-order valence-corrected chi connectivity index (χ0v) is 10.1. The molecule has 1 atom stereocenters. The van der Waals surface area contributed by atoms with Gasteiger partial charge in [-0.1, -0.05) is 25.1 Å². The number of aromatic nitrogens is 2. The fraction of sp³-hybridized carbons (Fsp3) is 0.286. The molecule has 0 amide bonds. The molecule has 0 aliphatic carbocycles. The second-order valence-corrected chi connectivity index (χ2v) is 4.27. The van der Waals surface area contributed by atoms with Crippen LogP contribution in [0.25, 0.3) is 0 Å². The molecule has 0 saturated carbocycles. The van der Waals surface area contributed by atoms with Gasteiger partial charge in [0.1, 0.15) is 5.82 Å². The highest BCUT2D eigenvalue weighted by molar-refractivity contribution is 5.38. The molecule has 1 radical (unpaired) electrons. The van der Waals surface area contributed by atoms with Gasteiger partial charge in [-0.25, -0.2) is 4.98 Å². The Morgan fingerprint density at radius 3 is 2.69 bits per heavy atom. The third kappa shape index (κ3) is 1.75. The lowest BCUT2D eigenvalue weighted by Gasteiger charge is -2.15. The Bertz CT molecular complexity index is 497. The van der Waals surface area contributed by atoms with E-state index in [0.717, 1.165) is 5.82 Å². The van der Waals surface area contributed by atoms with Crippen LogP contribution in [0.1, 0.15) is 35.4 Å². The summed E-state index contributed by atoms with van der Waals surface area (Å²) in [4.78, 5) is 4.36. The van der Waals surface area contributed by atoms with E-state index in [-0.39, 0.29) is 5.92 Å². The van der Waals surface area contributed by atoms with Gasteiger partial charge in [-0.05, 0) is 30.5 Å². The lowest BCUT2D eigenvalue weighted by molar-refractivity contribution is 0.780. The summed E-state index contributed by atoms with van der Waals surface area (Å²) >= 11 is 0. The van der Waals surface area contributed by atoms with Crippen LogP contribution < -0.4 is 0 Å². The molecule has 2 nitrogen and oxygen atoms in total. The van der Waals surface area contributed by atoms with Gasteiger partial charge in [0.05, 0.1) is 0 Å². The van der Waals surface area contributed by atoms with Crippen LogP contribution in [-0.4, -0.2) is 9.55 Å². The highest BCUT2D eigenvalue weighted by Crippen LogP contribution is 2.26. The molecule has 0 aliphatic rings. The summed E-state index contributed by atoms with van der Waals surface area (Å²) in [6.45, 7) is 6.48. The van der Waals surface area contributed by atoms with Crippen LogP contribution in [-0.2, 0) is 0 Å². The third-order valence-electron chi connectivity index (χ3n) is 3.25. The van der Waals surface area contributed by atoms with E-state index >= 15 is 0 Å². The molecule has 16 heavy (non-hydrogen) atoms. The lowest BCUT2D eigenvalue weighted by Crippen LogP contribution is -2.05. The Morgan fingerprint density at radius 2 is 2.06 bits per heavy atom. The first-order valence-corrected chi connectivity index (χ1v) is 5.51. The Balaban J connectivity index is 2.46. The second kappa shape index (κ2) is 4.12. The molecule has 0 unspecified atom stereocenters. The SMILES string of the molecule is [CH2]n1ccnc1[C@@H](C)c1cccc(C)c1C. The largest absolute Gasteiger partial charge is 0.333 e. The summed E-state index contributed by atoms with van der Waals surface area (Å²) in [6, 6.07) is 6.41. The average molecular weight is 213 g/mol. The minimum atomic E-state index is 0.285. The Labute approximate surface area is 97.0 Å². The van der Waals surface area contributed by atoms with E-state index in [0.29, 0.717) is 0 Å². The molecule has 1 aromatic heterocycles. The molecule has 2 rings (SSSR count). The molecule has 0 N–H and O–H groups in total. The molecule has 0 bridgehead atoms. The maximum Gasteiger partial charge on any atom is 0.115 e. The monoisotopic (exact) mass is 213 g/mol. The summed E-state index contributed by atoms with van der Waals surface area (Å²) in [5, 5.41) is 0. The van der Waals surface area contributed by atoms with Crippen LogP contribution in [0.3, 0.4) is 0 Å². The van der Waals surface area contributed by atoms with Gasteiger partial charge in [0.25, 0.3) is 0 Å². The predicted molar refractivity (Wildman–Crippen MR) is 66.4 cm³/mol. The van der Waals surface area contributed by atoms with Crippen molar-refractivity contribution in [1.82, 2.24) is 9.55 Å². The van der Waals surface area contributed by atoms with Crippen LogP contribution in [0.4, 0.5) is 0 Å². The first-order chi connectivity index (χ1) is 7.61. The van der Waals surface area contributed by atoms with Crippen molar-refractivity contribution in [3.8, 4) is 0 Å². The predicted octanol–water partition coefficient (Wildman–Crippen LogP) is 3.29. The minimum absolute atomic E-state index is 0.285. The molecule has 2 heteroatoms. The lowest BCUT2D eigenvalue weighted by atomic mass is 9.93. The standard InChI is InChI=1S/C14H17N2/c1-10-6-5-7-13(11(10)2)12(3)14-15-8-9-16(14)4/h5-9,12H,4H2,1-3H3/t12-/m0/s1. The molecule has 0 aliphatic heterocycles. The number of hydrogen-bond acceptors (Lipinski definition) is 1. The highest BCUT2D eigenvalue weighted by Gasteiger charge is 2.15. The number of nitrogens with zero attached hydrogens (tertiary/aromatic N) is 2. The molecule has 0 saturated heterocycles. The zero-order valence-electron chi connectivity index (χ0n) is 10.1. The van der Waals surface area contributed by atoms with E-state index in [2.05, 4.69) is 51.0 Å². The summed E-state index contributed by atoms with van der Waals surface area (Å²) in [5.41, 5.74) is 4.00. The van der Waals surface area contributed by atoms with Gasteiger partial charge in [0.15, 0.2) is 0 Å². The molecular formula is C14H17N2. The van der Waals surface area contributed by atoms with Crippen LogP contribution in [0.5, 0.6) is 0 Å². The third-order valence-corrected chi connectivity index (χ3v) is 3.25. The Morgan fingerprint density at radius 1 is 1.31 bits per heavy atom. The van der Waals surface area contributed by atoms with Gasteiger partial charge in [0.2, 0.25) is 0 Å². The molecule has 1 aromatic carbocycles. The van der Waals surface area contributed by atoms with E-state index in [9.17, 15) is 0 Å². The van der Waals surface area contributed by atoms with Crippen molar-refractivity contribution >= 4 is 0 Å². The van der Waals surface area contributed by atoms with Crippen LogP contribution in [0, 0.1) is 20.9 Å². The Hall–Kier alpha value is -1.57. The summed E-state index contributed by atoms with van der Waals surface area (Å²) in [5.74, 6) is 1.29. The highest BCUT2D eigenvalue weighted by atomic mass is 15.0. The fourth-order valence-electron chi connectivity index (χ4n) is 2.08. The van der Waals surface area contributed by atoms with Crippen LogP contribution in [0.15, 0.2) is 30.6 Å². The number of rotatable bonds is 2. The zero-order chi connectivity index (χ0) is 11.7. The number of benzene rings is 1. The topological polar surface area (TPSA) is 17.8 Å². The normalized spacial score (nSPS) is 12.8. The van der Waals surface area contributed by atoms with Crippen molar-refractivity contribution in [2.75, 3.05) is 0 Å². The van der Waals surface area contributed by atoms with E-state index in [1.165, 1.54) is 16.7 Å². The quantitative estimate of drug-likeness (QED) is 0.748. The van der Waals surface area contributed by atoms with E-state index in [1.54, 1.807) is 6.20 Å². The summed E-state index contributed by atoms with van der Waals surface area (Å²) in [6.07, 6.45) is 3.68. The molecule has 0 fully saturated rings. The van der Waals surface area contributed by atoms with Gasteiger partial charge in [-0.15, -0.1) is 0 Å². The van der Waals surface area contributed by atoms with Crippen molar-refractivity contribution in [1.29, 1.82) is 0 Å². The van der Waals surface area contributed by atoms with Crippen LogP contribution in [0.2, 0.25) is 0 Å². The number of aryl methyl sites for hydroxylation is 1. The summed E-state index contributed by atoms with van der Waals surface area (Å²) in [7, 11) is 3.93.